The van der Waals surface area contributed by atoms with Gasteiger partial charge in [-0.15, -0.1) is 0 Å². The number of ketones is 3. The fraction of sp³-hybridized carbons (Fsp3) is 0.768. The lowest BCUT2D eigenvalue weighted by molar-refractivity contribution is -0.265. The third-order valence-corrected chi connectivity index (χ3v) is 16.9. The van der Waals surface area contributed by atoms with Crippen molar-refractivity contribution in [3.63, 3.8) is 0 Å². The second-order valence-electron chi connectivity index (χ2n) is 21.6. The predicted molar refractivity (Wildman–Crippen MR) is 281 cm³/mol. The number of carbonyl (C=O) groups excluding carboxylic acids is 5. The monoisotopic (exact) mass is 1080 g/mol. The van der Waals surface area contributed by atoms with Gasteiger partial charge in [0.25, 0.3) is 11.7 Å². The molecule has 3 heterocycles. The molecule has 2 saturated heterocycles. The van der Waals surface area contributed by atoms with E-state index in [1.54, 1.807) is 48.0 Å². The number of nitrogens with zero attached hydrogens (tertiary/aromatic N) is 1. The van der Waals surface area contributed by atoms with E-state index in [9.17, 15) is 38.8 Å². The fourth-order valence-electron chi connectivity index (χ4n) is 10.9. The van der Waals surface area contributed by atoms with E-state index < -0.39 is 103 Å². The van der Waals surface area contributed by atoms with E-state index in [1.165, 1.54) is 18.7 Å². The van der Waals surface area contributed by atoms with Gasteiger partial charge in [-0.25, -0.2) is 4.79 Å². The van der Waals surface area contributed by atoms with Crippen LogP contribution in [0.15, 0.2) is 47.6 Å². The summed E-state index contributed by atoms with van der Waals surface area (Å²) in [6.07, 6.45) is 10.3. The average molecular weight is 1080 g/mol. The van der Waals surface area contributed by atoms with Crippen LogP contribution >= 0.6 is 7.60 Å². The van der Waals surface area contributed by atoms with E-state index in [0.717, 1.165) is 5.57 Å². The number of allylic oxidation sites excluding steroid dienone is 6. The first-order valence-electron chi connectivity index (χ1n) is 27.1. The van der Waals surface area contributed by atoms with Crippen LogP contribution in [0.25, 0.3) is 0 Å². The van der Waals surface area contributed by atoms with Crippen LogP contribution in [0.4, 0.5) is 0 Å². The summed E-state index contributed by atoms with van der Waals surface area (Å²) in [5, 5.41) is 32.5. The number of piperidine rings is 1. The molecule has 3 N–H and O–H groups in total. The molecule has 1 amide bonds. The second kappa shape index (κ2) is 30.8. The highest BCUT2D eigenvalue weighted by Crippen LogP contribution is 2.48. The topological polar surface area (TPSA) is 240 Å². The van der Waals surface area contributed by atoms with E-state index in [-0.39, 0.29) is 69.2 Å². The molecule has 4 aliphatic rings. The van der Waals surface area contributed by atoms with Crippen molar-refractivity contribution in [2.24, 2.45) is 35.5 Å². The maximum atomic E-state index is 14.6. The third-order valence-electron chi connectivity index (χ3n) is 15.6. The molecule has 0 aromatic carbocycles. The number of hydrogen-bond donors (Lipinski definition) is 3. The Hall–Kier alpha value is -3.26. The summed E-state index contributed by atoms with van der Waals surface area (Å²) in [4.78, 5) is 72.6. The second-order valence-corrected chi connectivity index (χ2v) is 23.6. The maximum absolute atomic E-state index is 14.6. The predicted octanol–water partition coefficient (Wildman–Crippen LogP) is 7.05. The van der Waals surface area contributed by atoms with Crippen molar-refractivity contribution in [1.82, 2.24) is 4.90 Å². The number of fused-ring (bicyclic) bond motifs is 3. The Bertz CT molecular complexity index is 2060. The average Bonchev–Trinajstić information content (AvgIpc) is 3.37. The maximum Gasteiger partial charge on any atom is 0.329 e. The molecule has 0 aromatic rings. The number of ether oxygens (including phenoxy) is 6. The minimum absolute atomic E-state index is 0.000234. The molecule has 4 rings (SSSR count). The van der Waals surface area contributed by atoms with Crippen LogP contribution in [0.5, 0.6) is 0 Å². The van der Waals surface area contributed by atoms with Crippen LogP contribution in [0.1, 0.15) is 126 Å². The molecule has 3 fully saturated rings. The number of aliphatic hydroxyl groups excluding tert-OH is 2. The highest BCUT2D eigenvalue weighted by molar-refractivity contribution is 7.53. The molecule has 0 aromatic heterocycles. The summed E-state index contributed by atoms with van der Waals surface area (Å²) in [6.45, 7) is 14.1. The molecule has 3 aliphatic heterocycles. The third kappa shape index (κ3) is 18.7. The zero-order valence-corrected chi connectivity index (χ0v) is 47.4. The van der Waals surface area contributed by atoms with Crippen molar-refractivity contribution >= 4 is 36.8 Å². The van der Waals surface area contributed by atoms with Crippen molar-refractivity contribution in [3.8, 4) is 0 Å². The number of Topliss-reactive ketones (excluding diaryl/α,β-unsaturated/α-hetero) is 3. The van der Waals surface area contributed by atoms with Crippen LogP contribution in [-0.2, 0) is 66.0 Å². The number of aliphatic hydroxyl groups is 3. The molecule has 0 radical (unpaired) electrons. The number of cyclic esters (lactones) is 1. The van der Waals surface area contributed by atoms with Gasteiger partial charge in [-0.3, -0.25) is 23.7 Å². The normalized spacial score (nSPS) is 37.5. The Balaban J connectivity index is 1.66. The van der Waals surface area contributed by atoms with E-state index >= 15 is 0 Å². The van der Waals surface area contributed by atoms with E-state index in [1.807, 2.05) is 51.2 Å². The molecule has 19 heteroatoms. The smallest absolute Gasteiger partial charge is 0.329 e. The van der Waals surface area contributed by atoms with Gasteiger partial charge in [-0.05, 0) is 107 Å². The summed E-state index contributed by atoms with van der Waals surface area (Å²) in [7, 11) is 0.977. The number of methoxy groups -OCH3 is 3. The van der Waals surface area contributed by atoms with E-state index in [2.05, 4.69) is 0 Å². The van der Waals surface area contributed by atoms with E-state index in [4.69, 9.17) is 42.6 Å². The number of hydrogen-bond acceptors (Lipinski definition) is 17. The highest BCUT2D eigenvalue weighted by Gasteiger charge is 2.53. The van der Waals surface area contributed by atoms with Gasteiger partial charge in [0.1, 0.15) is 30.1 Å². The van der Waals surface area contributed by atoms with Crippen molar-refractivity contribution < 1.29 is 81.3 Å². The van der Waals surface area contributed by atoms with Gasteiger partial charge in [0.2, 0.25) is 5.79 Å². The molecule has 1 saturated carbocycles. The van der Waals surface area contributed by atoms with Crippen molar-refractivity contribution in [1.29, 1.82) is 0 Å². The molecule has 18 nitrogen and oxygen atoms in total. The van der Waals surface area contributed by atoms with Crippen LogP contribution in [0, 0.1) is 35.5 Å². The molecule has 1 aliphatic carbocycles. The first-order chi connectivity index (χ1) is 35.5. The Labute approximate surface area is 445 Å². The number of carbonyl (C=O) groups is 5. The number of esters is 1. The van der Waals surface area contributed by atoms with Gasteiger partial charge in [0, 0.05) is 65.1 Å². The van der Waals surface area contributed by atoms with Crippen molar-refractivity contribution in [2.45, 2.75) is 180 Å². The number of rotatable bonds is 14. The first-order valence-corrected chi connectivity index (χ1v) is 29.1. The van der Waals surface area contributed by atoms with E-state index in [0.29, 0.717) is 69.8 Å². The molecular formula is C56H90NO17P. The van der Waals surface area contributed by atoms with Gasteiger partial charge in [-0.1, -0.05) is 71.1 Å². The molecular weight excluding hydrogens is 990 g/mol. The van der Waals surface area contributed by atoms with Gasteiger partial charge in [0.05, 0.1) is 50.8 Å². The Morgan fingerprint density at radius 2 is 1.59 bits per heavy atom. The SMILES string of the molecule is CO[C@H]1C[C@@H]2CC[C@@H](C)[C@@](O)(O2)C(=O)C(=O)N2CCCCC2C(=O)OC([C@H](C)CC2CC[C@@H](OP(C)(=O)OCCOCCO)[C@H](OC)C2)CC(=O)[C@H](C)/C=C(\C)[C@@H](O)[C@@H](OC)C(=O)[C@H](C)C[C@H](C)/C=C/C=C/C=C/1C. The quantitative estimate of drug-likeness (QED) is 0.0519. The summed E-state index contributed by atoms with van der Waals surface area (Å²) >= 11 is 0. The summed E-state index contributed by atoms with van der Waals surface area (Å²) in [5.41, 5.74) is 1.22. The van der Waals surface area contributed by atoms with Crippen LogP contribution < -0.4 is 0 Å². The van der Waals surface area contributed by atoms with Gasteiger partial charge in [0.15, 0.2) is 5.78 Å². The Kier molecular flexibility index (Phi) is 26.4. The fourth-order valence-corrected chi connectivity index (χ4v) is 12.1. The lowest BCUT2D eigenvalue weighted by atomic mass is 9.78. The molecule has 4 unspecified atom stereocenters. The zero-order valence-electron chi connectivity index (χ0n) is 46.5. The van der Waals surface area contributed by atoms with Gasteiger partial charge >= 0.3 is 13.6 Å². The standard InChI is InChI=1S/C56H90NO17P/c1-35-17-13-12-14-18-36(2)47(67-8)33-43-22-20-41(7)56(65,73-43)53(62)54(63)57-24-16-15-19-44(57)55(64)72-48(34-45(59)37(3)30-40(6)51(61)52(69-10)50(60)39(5)29-35)38(4)31-42-21-23-46(49(32-42)68-9)74-75(11,66)71-28-27-70-26-25-58/h12-14,17-18,30,35,37-39,41-44,46-49,51-52,58,61,65H,15-16,19-29,31-34H2,1-11H3/b14-12+,17-13+,36-18+,40-30+/t35-,37-,38-,39-,41-,42?,43+,44?,46-,47+,48?,49-,51-,52+,56-,75?/m1/s1. The van der Waals surface area contributed by atoms with Crippen LogP contribution in [0.2, 0.25) is 0 Å². The lowest BCUT2D eigenvalue weighted by Gasteiger charge is -2.42. The summed E-state index contributed by atoms with van der Waals surface area (Å²) < 4.78 is 59.8. The minimum atomic E-state index is -3.51. The minimum Gasteiger partial charge on any atom is -0.460 e. The first kappa shape index (κ1) is 64.3. The molecule has 426 valence electrons. The Morgan fingerprint density at radius 1 is 0.853 bits per heavy atom. The largest absolute Gasteiger partial charge is 0.460 e. The van der Waals surface area contributed by atoms with Crippen molar-refractivity contribution in [3.05, 3.63) is 47.6 Å². The number of amides is 1. The van der Waals surface area contributed by atoms with Crippen LogP contribution in [-0.4, -0.2) is 165 Å². The highest BCUT2D eigenvalue weighted by atomic mass is 31.2. The summed E-state index contributed by atoms with van der Waals surface area (Å²) in [6, 6.07) is -1.19. The van der Waals surface area contributed by atoms with Gasteiger partial charge < -0.3 is 57.7 Å². The lowest BCUT2D eigenvalue weighted by Crippen LogP contribution is -2.61. The molecule has 16 atom stereocenters. The Morgan fingerprint density at radius 3 is 2.27 bits per heavy atom. The molecule has 75 heavy (non-hydrogen) atoms. The van der Waals surface area contributed by atoms with Gasteiger partial charge in [-0.2, -0.15) is 0 Å². The van der Waals surface area contributed by atoms with Crippen molar-refractivity contribution in [2.75, 3.05) is 61.0 Å². The molecule has 2 bridgehead atoms. The van der Waals surface area contributed by atoms with Crippen LogP contribution in [0.3, 0.4) is 0 Å². The summed E-state index contributed by atoms with van der Waals surface area (Å²) in [5.74, 6) is -8.47. The zero-order chi connectivity index (χ0) is 55.6. The molecule has 0 spiro atoms.